The van der Waals surface area contributed by atoms with Crippen LogP contribution in [0.2, 0.25) is 0 Å². The zero-order valence-corrected chi connectivity index (χ0v) is 17.7. The number of unbranched alkanes of at least 4 members (excludes halogenated alkanes) is 2. The lowest BCUT2D eigenvalue weighted by atomic mass is 10.2. The van der Waals surface area contributed by atoms with E-state index in [4.69, 9.17) is 12.2 Å². The van der Waals surface area contributed by atoms with E-state index >= 15 is 0 Å². The van der Waals surface area contributed by atoms with Gasteiger partial charge in [0.25, 0.3) is 5.56 Å². The van der Waals surface area contributed by atoms with Gasteiger partial charge >= 0.3 is 0 Å². The molecule has 1 aromatic heterocycles. The molecular weight excluding hydrogens is 473 g/mol. The average Bonchev–Trinajstić information content (AvgIpc) is 2.65. The van der Waals surface area contributed by atoms with E-state index in [2.05, 4.69) is 32.9 Å². The zero-order valence-electron chi connectivity index (χ0n) is 14.7. The van der Waals surface area contributed by atoms with Crippen molar-refractivity contribution in [2.24, 2.45) is 0 Å². The fourth-order valence-electron chi connectivity index (χ4n) is 2.89. The molecule has 0 spiro atoms. The predicted octanol–water partition coefficient (Wildman–Crippen LogP) is 4.86. The Hall–Kier alpha value is -2.00. The van der Waals surface area contributed by atoms with Crippen LogP contribution in [0.5, 0.6) is 0 Å². The number of anilines is 1. The molecule has 140 valence electrons. The molecule has 2 N–H and O–H groups in total. The monoisotopic (exact) mass is 493 g/mol. The molecular formula is C20H20IN3O2S. The molecule has 0 radical (unpaired) electrons. The molecule has 0 aliphatic carbocycles. The van der Waals surface area contributed by atoms with Crippen LogP contribution < -0.4 is 10.9 Å². The lowest BCUT2D eigenvalue weighted by Crippen LogP contribution is -2.22. The smallest absolute Gasteiger partial charge is 0.262 e. The third-order valence-electron chi connectivity index (χ3n) is 4.30. The first kappa shape index (κ1) is 19.8. The van der Waals surface area contributed by atoms with E-state index < -0.39 is 0 Å². The van der Waals surface area contributed by atoms with Crippen LogP contribution >= 0.6 is 34.8 Å². The number of aromatic nitrogens is 2. The van der Waals surface area contributed by atoms with Crippen LogP contribution in [0.25, 0.3) is 10.9 Å². The summed E-state index contributed by atoms with van der Waals surface area (Å²) in [5.74, 6) is 0.0105. The number of rotatable bonds is 7. The summed E-state index contributed by atoms with van der Waals surface area (Å²) in [5.41, 5.74) is 1.51. The number of carbonyl (C=O) groups is 1. The molecule has 0 bridgehead atoms. The quantitative estimate of drug-likeness (QED) is 0.281. The van der Waals surface area contributed by atoms with E-state index in [9.17, 15) is 9.59 Å². The minimum Gasteiger partial charge on any atom is -0.332 e. The third-order valence-corrected chi connectivity index (χ3v) is 5.34. The van der Waals surface area contributed by atoms with Crippen molar-refractivity contribution in [3.63, 3.8) is 0 Å². The average molecular weight is 493 g/mol. The largest absolute Gasteiger partial charge is 0.332 e. The van der Waals surface area contributed by atoms with Gasteiger partial charge in [0, 0.05) is 22.2 Å². The maximum atomic E-state index is 12.6. The minimum absolute atomic E-state index is 0.0105. The number of aromatic amines is 1. The van der Waals surface area contributed by atoms with Gasteiger partial charge in [0.05, 0.1) is 10.9 Å². The fraction of sp³-hybridized carbons (Fsp3) is 0.250. The molecule has 1 amide bonds. The number of nitrogens with zero attached hydrogens (tertiary/aromatic N) is 1. The molecule has 7 heteroatoms. The standard InChI is InChI=1S/C20H20IN3O2S/c21-14-9-11-15(12-10-14)22-18(25)8-2-1-5-13-24-19(26)16-6-3-4-7-17(16)23-20(24)27/h3-4,6-7,9-12H,1-2,5,8,13H2,(H,22,25)(H,23,27). The second-order valence-corrected chi connectivity index (χ2v) is 7.93. The van der Waals surface area contributed by atoms with Crippen LogP contribution in [0.3, 0.4) is 0 Å². The predicted molar refractivity (Wildman–Crippen MR) is 120 cm³/mol. The number of amides is 1. The molecule has 0 atom stereocenters. The molecule has 2 aromatic carbocycles. The van der Waals surface area contributed by atoms with E-state index in [0.29, 0.717) is 23.1 Å². The van der Waals surface area contributed by atoms with Crippen molar-refractivity contribution in [1.29, 1.82) is 0 Å². The number of benzene rings is 2. The first-order valence-corrected chi connectivity index (χ1v) is 10.3. The summed E-state index contributed by atoms with van der Waals surface area (Å²) in [6.07, 6.45) is 2.89. The number of H-pyrrole nitrogens is 1. The van der Waals surface area contributed by atoms with Crippen molar-refractivity contribution < 1.29 is 4.79 Å². The summed E-state index contributed by atoms with van der Waals surface area (Å²) in [5, 5.41) is 3.54. The number of nitrogens with one attached hydrogen (secondary N) is 2. The van der Waals surface area contributed by atoms with Gasteiger partial charge in [-0.15, -0.1) is 0 Å². The second kappa shape index (κ2) is 9.27. The van der Waals surface area contributed by atoms with Crippen molar-refractivity contribution in [2.75, 3.05) is 5.32 Å². The second-order valence-electron chi connectivity index (χ2n) is 6.30. The summed E-state index contributed by atoms with van der Waals surface area (Å²) >= 11 is 7.54. The highest BCUT2D eigenvalue weighted by Gasteiger charge is 2.06. The van der Waals surface area contributed by atoms with Crippen molar-refractivity contribution in [3.05, 3.63) is 67.2 Å². The molecule has 0 aliphatic heterocycles. The maximum Gasteiger partial charge on any atom is 0.262 e. The molecule has 0 unspecified atom stereocenters. The first-order valence-electron chi connectivity index (χ1n) is 8.82. The van der Waals surface area contributed by atoms with Crippen LogP contribution in [0, 0.1) is 8.34 Å². The highest BCUT2D eigenvalue weighted by atomic mass is 127. The Balaban J connectivity index is 1.48. The van der Waals surface area contributed by atoms with Crippen LogP contribution in [-0.2, 0) is 11.3 Å². The summed E-state index contributed by atoms with van der Waals surface area (Å²) < 4.78 is 3.17. The Labute approximate surface area is 176 Å². The lowest BCUT2D eigenvalue weighted by Gasteiger charge is -2.08. The molecule has 3 rings (SSSR count). The summed E-state index contributed by atoms with van der Waals surface area (Å²) in [7, 11) is 0. The Bertz CT molecular complexity index is 1060. The molecule has 3 aromatic rings. The first-order chi connectivity index (χ1) is 13.0. The van der Waals surface area contributed by atoms with Crippen molar-refractivity contribution >= 4 is 57.3 Å². The van der Waals surface area contributed by atoms with Gasteiger partial charge in [0.2, 0.25) is 5.91 Å². The van der Waals surface area contributed by atoms with Gasteiger partial charge in [-0.3, -0.25) is 14.2 Å². The number of hydrogen-bond acceptors (Lipinski definition) is 3. The molecule has 27 heavy (non-hydrogen) atoms. The van der Waals surface area contributed by atoms with E-state index in [-0.39, 0.29) is 11.5 Å². The zero-order chi connectivity index (χ0) is 19.2. The van der Waals surface area contributed by atoms with Crippen molar-refractivity contribution in [2.45, 2.75) is 32.2 Å². The molecule has 1 heterocycles. The summed E-state index contributed by atoms with van der Waals surface area (Å²) in [6, 6.07) is 15.1. The molecule has 0 saturated carbocycles. The van der Waals surface area contributed by atoms with Crippen LogP contribution in [0.4, 0.5) is 5.69 Å². The Morgan fingerprint density at radius 2 is 1.81 bits per heavy atom. The van der Waals surface area contributed by atoms with Gasteiger partial charge in [0.1, 0.15) is 0 Å². The number of halogens is 1. The molecule has 0 aliphatic rings. The van der Waals surface area contributed by atoms with Crippen molar-refractivity contribution in [3.8, 4) is 0 Å². The highest BCUT2D eigenvalue weighted by Crippen LogP contribution is 2.12. The third kappa shape index (κ3) is 5.26. The van der Waals surface area contributed by atoms with E-state index in [0.717, 1.165) is 34.0 Å². The Morgan fingerprint density at radius 1 is 1.07 bits per heavy atom. The number of hydrogen-bond donors (Lipinski definition) is 2. The Morgan fingerprint density at radius 3 is 2.59 bits per heavy atom. The Kier molecular flexibility index (Phi) is 6.78. The maximum absolute atomic E-state index is 12.6. The van der Waals surface area contributed by atoms with E-state index in [1.54, 1.807) is 10.6 Å². The SMILES string of the molecule is O=C(CCCCCn1c(=S)[nH]c2ccccc2c1=O)Nc1ccc(I)cc1. The molecule has 5 nitrogen and oxygen atoms in total. The van der Waals surface area contributed by atoms with Gasteiger partial charge in [0.15, 0.2) is 4.77 Å². The molecule has 0 saturated heterocycles. The topological polar surface area (TPSA) is 66.9 Å². The minimum atomic E-state index is -0.0641. The number of para-hydroxylation sites is 1. The van der Waals surface area contributed by atoms with Crippen molar-refractivity contribution in [1.82, 2.24) is 9.55 Å². The lowest BCUT2D eigenvalue weighted by molar-refractivity contribution is -0.116. The van der Waals surface area contributed by atoms with E-state index in [1.165, 1.54) is 0 Å². The van der Waals surface area contributed by atoms with Gasteiger partial charge < -0.3 is 10.3 Å². The highest BCUT2D eigenvalue weighted by molar-refractivity contribution is 14.1. The van der Waals surface area contributed by atoms with Gasteiger partial charge in [-0.1, -0.05) is 18.6 Å². The van der Waals surface area contributed by atoms with Crippen LogP contribution in [0.15, 0.2) is 53.3 Å². The van der Waals surface area contributed by atoms with Crippen LogP contribution in [0.1, 0.15) is 25.7 Å². The number of carbonyl (C=O) groups excluding carboxylic acids is 1. The van der Waals surface area contributed by atoms with Gasteiger partial charge in [-0.2, -0.15) is 0 Å². The normalized spacial score (nSPS) is 10.9. The summed E-state index contributed by atoms with van der Waals surface area (Å²) in [6.45, 7) is 0.553. The van der Waals surface area contributed by atoms with Crippen LogP contribution in [-0.4, -0.2) is 15.5 Å². The van der Waals surface area contributed by atoms with Gasteiger partial charge in [-0.25, -0.2) is 0 Å². The fourth-order valence-corrected chi connectivity index (χ4v) is 3.53. The summed E-state index contributed by atoms with van der Waals surface area (Å²) in [4.78, 5) is 27.7. The number of fused-ring (bicyclic) bond motifs is 1. The molecule has 0 fully saturated rings. The van der Waals surface area contributed by atoms with E-state index in [1.807, 2.05) is 42.5 Å². The van der Waals surface area contributed by atoms with Gasteiger partial charge in [-0.05, 0) is 84.0 Å².